The zero-order valence-electron chi connectivity index (χ0n) is 26.9. The SMILES string of the molecule is C=CCCC(=O)NC[C@@H](C)OC(=O)[C@@H]1[C@H]2C(=O)N([C@H](CO)c3ccccc3)[C@H](C(=O)N(CC=C)c3ccc(OC)cc3)[C@]23CC[C@H]1O3. The molecule has 47 heavy (non-hydrogen) atoms. The van der Waals surface area contributed by atoms with Gasteiger partial charge in [0.25, 0.3) is 5.91 Å². The second-order valence-electron chi connectivity index (χ2n) is 12.2. The molecule has 2 aromatic carbocycles. The van der Waals surface area contributed by atoms with Crippen LogP contribution in [0.1, 0.15) is 44.2 Å². The highest BCUT2D eigenvalue weighted by Gasteiger charge is 2.75. The van der Waals surface area contributed by atoms with Gasteiger partial charge < -0.3 is 34.4 Å². The Morgan fingerprint density at radius 1 is 1.15 bits per heavy atom. The minimum atomic E-state index is -1.32. The fourth-order valence-electron chi connectivity index (χ4n) is 7.26. The number of amides is 3. The van der Waals surface area contributed by atoms with E-state index in [0.717, 1.165) is 0 Å². The Morgan fingerprint density at radius 2 is 1.87 bits per heavy atom. The van der Waals surface area contributed by atoms with Crippen molar-refractivity contribution in [2.45, 2.75) is 62.5 Å². The number of aliphatic hydroxyl groups excluding tert-OH is 1. The molecule has 2 aromatic rings. The molecule has 250 valence electrons. The molecule has 0 unspecified atom stereocenters. The van der Waals surface area contributed by atoms with Crippen LogP contribution in [-0.2, 0) is 28.7 Å². The number of methoxy groups -OCH3 is 1. The molecule has 11 nitrogen and oxygen atoms in total. The average molecular weight is 646 g/mol. The lowest BCUT2D eigenvalue weighted by Gasteiger charge is -2.39. The standard InChI is InChI=1S/C36H43N3O8/c1-5-7-13-29(41)37-21-23(3)46-35(44)30-28-18-19-36(47-28)31(30)33(42)39(27(22-40)24-11-9-8-10-12-24)32(36)34(43)38(20-6-2)25-14-16-26(45-4)17-15-25/h5-6,8-12,14-17,23,27-28,30-32,40H,1-2,7,13,18-22H2,3-4H3,(H,37,41)/t23-,27-,28-,30+,31+,32-,36+/m1/s1. The zero-order valence-corrected chi connectivity index (χ0v) is 26.9. The molecule has 11 heteroatoms. The number of hydrogen-bond acceptors (Lipinski definition) is 8. The van der Waals surface area contributed by atoms with Crippen molar-refractivity contribution in [2.24, 2.45) is 11.8 Å². The molecular weight excluding hydrogens is 602 g/mol. The Hall–Kier alpha value is -4.48. The molecule has 3 saturated heterocycles. The Bertz CT molecular complexity index is 1480. The van der Waals surface area contributed by atoms with Gasteiger partial charge in [0.05, 0.1) is 44.2 Å². The Morgan fingerprint density at radius 3 is 2.51 bits per heavy atom. The number of ether oxygens (including phenoxy) is 3. The van der Waals surface area contributed by atoms with E-state index in [4.69, 9.17) is 14.2 Å². The first kappa shape index (κ1) is 33.9. The van der Waals surface area contributed by atoms with Gasteiger partial charge in [0.15, 0.2) is 0 Å². The lowest BCUT2D eigenvalue weighted by Crippen LogP contribution is -2.57. The van der Waals surface area contributed by atoms with Gasteiger partial charge in [0.1, 0.15) is 23.5 Å². The van der Waals surface area contributed by atoms with E-state index in [-0.39, 0.29) is 25.4 Å². The largest absolute Gasteiger partial charge is 0.497 e. The van der Waals surface area contributed by atoms with Gasteiger partial charge in [-0.3, -0.25) is 19.2 Å². The first-order valence-electron chi connectivity index (χ1n) is 16.0. The number of esters is 1. The van der Waals surface area contributed by atoms with Crippen LogP contribution in [0.4, 0.5) is 5.69 Å². The molecule has 3 fully saturated rings. The molecule has 0 aliphatic carbocycles. The van der Waals surface area contributed by atoms with Crippen LogP contribution in [0.2, 0.25) is 0 Å². The maximum absolute atomic E-state index is 14.8. The van der Waals surface area contributed by atoms with Gasteiger partial charge in [-0.1, -0.05) is 42.5 Å². The van der Waals surface area contributed by atoms with E-state index in [0.29, 0.717) is 36.3 Å². The zero-order chi connectivity index (χ0) is 33.7. The third kappa shape index (κ3) is 6.42. The lowest BCUT2D eigenvalue weighted by molar-refractivity contribution is -0.159. The maximum Gasteiger partial charge on any atom is 0.312 e. The predicted octanol–water partition coefficient (Wildman–Crippen LogP) is 3.34. The van der Waals surface area contributed by atoms with Gasteiger partial charge in [0, 0.05) is 18.7 Å². The van der Waals surface area contributed by atoms with Gasteiger partial charge in [-0.2, -0.15) is 0 Å². The van der Waals surface area contributed by atoms with Crippen molar-refractivity contribution in [1.29, 1.82) is 0 Å². The summed E-state index contributed by atoms with van der Waals surface area (Å²) in [5, 5.41) is 13.5. The summed E-state index contributed by atoms with van der Waals surface area (Å²) < 4.78 is 17.7. The summed E-state index contributed by atoms with van der Waals surface area (Å²) in [5.74, 6) is -3.01. The van der Waals surface area contributed by atoms with Crippen LogP contribution >= 0.6 is 0 Å². The highest BCUT2D eigenvalue weighted by Crippen LogP contribution is 2.60. The van der Waals surface area contributed by atoms with Crippen LogP contribution < -0.4 is 15.0 Å². The third-order valence-corrected chi connectivity index (χ3v) is 9.38. The number of rotatable bonds is 15. The number of allylic oxidation sites excluding steroid dienone is 1. The third-order valence-electron chi connectivity index (χ3n) is 9.38. The van der Waals surface area contributed by atoms with Gasteiger partial charge >= 0.3 is 5.97 Å². The van der Waals surface area contributed by atoms with Crippen LogP contribution in [0.5, 0.6) is 5.75 Å². The van der Waals surface area contributed by atoms with Crippen LogP contribution in [-0.4, -0.2) is 84.4 Å². The number of benzene rings is 2. The number of carbonyl (C=O) groups is 4. The monoisotopic (exact) mass is 645 g/mol. The first-order valence-corrected chi connectivity index (χ1v) is 16.0. The second kappa shape index (κ2) is 14.5. The predicted molar refractivity (Wildman–Crippen MR) is 174 cm³/mol. The number of aliphatic hydroxyl groups is 1. The van der Waals surface area contributed by atoms with Gasteiger partial charge in [-0.05, 0) is 56.0 Å². The van der Waals surface area contributed by atoms with E-state index in [9.17, 15) is 24.3 Å². The first-order chi connectivity index (χ1) is 22.7. The summed E-state index contributed by atoms with van der Waals surface area (Å²) >= 11 is 0. The topological polar surface area (TPSA) is 135 Å². The molecule has 0 saturated carbocycles. The molecular formula is C36H43N3O8. The molecule has 0 aromatic heterocycles. The average Bonchev–Trinajstić information content (AvgIpc) is 3.73. The summed E-state index contributed by atoms with van der Waals surface area (Å²) in [5.41, 5.74) is -0.110. The molecule has 3 aliphatic heterocycles. The highest BCUT2D eigenvalue weighted by molar-refractivity contribution is 6.05. The van der Waals surface area contributed by atoms with Gasteiger partial charge in [-0.25, -0.2) is 0 Å². The van der Waals surface area contributed by atoms with Crippen molar-refractivity contribution in [3.8, 4) is 5.75 Å². The van der Waals surface area contributed by atoms with E-state index >= 15 is 0 Å². The van der Waals surface area contributed by atoms with Crippen molar-refractivity contribution in [3.63, 3.8) is 0 Å². The second-order valence-corrected chi connectivity index (χ2v) is 12.2. The molecule has 3 heterocycles. The lowest BCUT2D eigenvalue weighted by atomic mass is 9.70. The molecule has 3 aliphatic rings. The number of nitrogens with one attached hydrogen (secondary N) is 1. The molecule has 3 amide bonds. The number of hydrogen-bond donors (Lipinski definition) is 2. The molecule has 2 bridgehead atoms. The molecule has 1 spiro atoms. The van der Waals surface area contributed by atoms with Crippen molar-refractivity contribution in [1.82, 2.24) is 10.2 Å². The van der Waals surface area contributed by atoms with E-state index in [2.05, 4.69) is 18.5 Å². The molecule has 0 radical (unpaired) electrons. The van der Waals surface area contributed by atoms with E-state index in [1.54, 1.807) is 74.7 Å². The van der Waals surface area contributed by atoms with Crippen LogP contribution in [0.3, 0.4) is 0 Å². The Kier molecular flexibility index (Phi) is 10.5. The fourth-order valence-corrected chi connectivity index (χ4v) is 7.26. The molecule has 5 rings (SSSR count). The summed E-state index contributed by atoms with van der Waals surface area (Å²) in [6.45, 7) is 8.94. The molecule has 7 atom stereocenters. The van der Waals surface area contributed by atoms with E-state index in [1.165, 1.54) is 9.80 Å². The Balaban J connectivity index is 1.49. The van der Waals surface area contributed by atoms with Crippen molar-refractivity contribution in [3.05, 3.63) is 85.5 Å². The maximum atomic E-state index is 14.8. The highest BCUT2D eigenvalue weighted by atomic mass is 16.6. The summed E-state index contributed by atoms with van der Waals surface area (Å²) in [6.07, 6.45) is 3.60. The number of nitrogens with zero attached hydrogens (tertiary/aromatic N) is 2. The van der Waals surface area contributed by atoms with Crippen LogP contribution in [0.25, 0.3) is 0 Å². The fraction of sp³-hybridized carbons (Fsp3) is 0.444. The van der Waals surface area contributed by atoms with Gasteiger partial charge in [0.2, 0.25) is 11.8 Å². The number of fused-ring (bicyclic) bond motifs is 1. The van der Waals surface area contributed by atoms with Crippen molar-refractivity contribution >= 4 is 29.4 Å². The van der Waals surface area contributed by atoms with Crippen LogP contribution in [0.15, 0.2) is 79.9 Å². The smallest absolute Gasteiger partial charge is 0.312 e. The quantitative estimate of drug-likeness (QED) is 0.223. The molecule has 2 N–H and O–H groups in total. The number of anilines is 1. The summed E-state index contributed by atoms with van der Waals surface area (Å²) in [4.78, 5) is 58.3. The summed E-state index contributed by atoms with van der Waals surface area (Å²) in [7, 11) is 1.55. The minimum Gasteiger partial charge on any atom is -0.497 e. The number of carbonyl (C=O) groups excluding carboxylic acids is 4. The van der Waals surface area contributed by atoms with Crippen LogP contribution in [0, 0.1) is 11.8 Å². The van der Waals surface area contributed by atoms with Gasteiger partial charge in [-0.15, -0.1) is 13.2 Å². The van der Waals surface area contributed by atoms with E-state index < -0.39 is 66.1 Å². The Labute approximate surface area is 275 Å². The van der Waals surface area contributed by atoms with E-state index in [1.807, 2.05) is 6.07 Å². The number of likely N-dealkylation sites (tertiary alicyclic amines) is 1. The van der Waals surface area contributed by atoms with Crippen molar-refractivity contribution in [2.75, 3.05) is 31.7 Å². The summed E-state index contributed by atoms with van der Waals surface area (Å²) in [6, 6.07) is 14.0. The van der Waals surface area contributed by atoms with Crippen molar-refractivity contribution < 1.29 is 38.5 Å². The normalized spacial score (nSPS) is 25.4. The minimum absolute atomic E-state index is 0.107.